The maximum atomic E-state index is 2.65. The van der Waals surface area contributed by atoms with Crippen molar-refractivity contribution in [1.82, 2.24) is 0 Å². The summed E-state index contributed by atoms with van der Waals surface area (Å²) in [7, 11) is 0. The van der Waals surface area contributed by atoms with Gasteiger partial charge in [-0.05, 0) is 132 Å². The van der Waals surface area contributed by atoms with Gasteiger partial charge in [-0.2, -0.15) is 0 Å². The summed E-state index contributed by atoms with van der Waals surface area (Å²) in [5.41, 5.74) is 19.6. The Labute approximate surface area is 358 Å². The molecule has 2 aliphatic heterocycles. The van der Waals surface area contributed by atoms with Crippen LogP contribution in [-0.2, 0) is 21.7 Å². The Morgan fingerprint density at radius 3 is 1.59 bits per heavy atom. The fourth-order valence-electron chi connectivity index (χ4n) is 9.27. The van der Waals surface area contributed by atoms with E-state index in [-0.39, 0.29) is 28.4 Å². The van der Waals surface area contributed by atoms with Gasteiger partial charge in [0, 0.05) is 33.0 Å². The van der Waals surface area contributed by atoms with E-state index in [1.165, 1.54) is 98.9 Å². The van der Waals surface area contributed by atoms with Gasteiger partial charge in [-0.1, -0.05) is 156 Å². The quantitative estimate of drug-likeness (QED) is 0.165. The summed E-state index contributed by atoms with van der Waals surface area (Å²) in [5.74, 6) is 0. The van der Waals surface area contributed by atoms with Crippen molar-refractivity contribution < 1.29 is 0 Å². The topological polar surface area (TPSA) is 6.48 Å². The molecule has 298 valence electrons. The maximum absolute atomic E-state index is 2.65. The third kappa shape index (κ3) is 6.63. The molecule has 0 bridgehead atoms. The molecule has 0 N–H and O–H groups in total. The van der Waals surface area contributed by atoms with Crippen LogP contribution in [-0.4, -0.2) is 6.71 Å². The van der Waals surface area contributed by atoms with Crippen LogP contribution in [0.4, 0.5) is 33.4 Å². The Bertz CT molecular complexity index is 2760. The number of benzene rings is 6. The summed E-state index contributed by atoms with van der Waals surface area (Å²) in [5, 5.41) is 2.68. The van der Waals surface area contributed by atoms with Gasteiger partial charge in [0.25, 0.3) is 6.71 Å². The molecular formula is C55H59BN2S. The minimum atomic E-state index is -0.0103. The van der Waals surface area contributed by atoms with Crippen molar-refractivity contribution in [3.63, 3.8) is 0 Å². The standard InChI is InChI=1S/C55H59BN2S/c1-34-29-46-50-47(30-34)58(44-26-21-37(53(5,6)7)31-41(44)35-17-15-14-16-18-35)51-49(42-32-38(54(8,9)10)23-28-48(42)59-51)56(50)43-33-39(55(11,12)13)22-27-45(43)57(46)40-24-19-36(20-25-40)52(2,3)4/h14-33H,1-13H3. The van der Waals surface area contributed by atoms with E-state index in [0.29, 0.717) is 0 Å². The van der Waals surface area contributed by atoms with E-state index in [1.807, 2.05) is 11.3 Å². The molecule has 6 aromatic carbocycles. The highest BCUT2D eigenvalue weighted by molar-refractivity contribution is 7.26. The largest absolute Gasteiger partial charge is 0.311 e. The molecule has 2 aliphatic rings. The second kappa shape index (κ2) is 13.5. The lowest BCUT2D eigenvalue weighted by atomic mass is 9.33. The predicted octanol–water partition coefficient (Wildman–Crippen LogP) is 14.1. The summed E-state index contributed by atoms with van der Waals surface area (Å²) in [6, 6.07) is 47.1. The molecule has 0 radical (unpaired) electrons. The number of hydrogen-bond donors (Lipinski definition) is 0. The second-order valence-electron chi connectivity index (χ2n) is 21.3. The Morgan fingerprint density at radius 2 is 0.983 bits per heavy atom. The van der Waals surface area contributed by atoms with Gasteiger partial charge in [-0.25, -0.2) is 0 Å². The lowest BCUT2D eigenvalue weighted by molar-refractivity contribution is 0.590. The second-order valence-corrected chi connectivity index (χ2v) is 22.3. The molecule has 2 nitrogen and oxygen atoms in total. The number of anilines is 6. The number of hydrogen-bond acceptors (Lipinski definition) is 3. The van der Waals surface area contributed by atoms with Gasteiger partial charge in [0.1, 0.15) is 0 Å². The van der Waals surface area contributed by atoms with Crippen LogP contribution in [0.1, 0.15) is 111 Å². The van der Waals surface area contributed by atoms with Gasteiger partial charge >= 0.3 is 0 Å². The Kier molecular flexibility index (Phi) is 9.00. The number of aryl methyl sites for hydroxylation is 1. The first-order valence-electron chi connectivity index (χ1n) is 21.5. The number of fused-ring (bicyclic) bond motifs is 6. The first-order valence-corrected chi connectivity index (χ1v) is 22.3. The molecule has 0 saturated carbocycles. The van der Waals surface area contributed by atoms with Crippen molar-refractivity contribution in [1.29, 1.82) is 0 Å². The summed E-state index contributed by atoms with van der Waals surface area (Å²) in [4.78, 5) is 5.21. The van der Waals surface area contributed by atoms with E-state index in [0.717, 1.165) is 0 Å². The molecule has 0 unspecified atom stereocenters. The lowest BCUT2D eigenvalue weighted by Crippen LogP contribution is -2.61. The van der Waals surface area contributed by atoms with E-state index >= 15 is 0 Å². The average Bonchev–Trinajstić information content (AvgIpc) is 3.55. The molecule has 0 fully saturated rings. The lowest BCUT2D eigenvalue weighted by Gasteiger charge is -2.44. The van der Waals surface area contributed by atoms with Crippen LogP contribution < -0.4 is 26.2 Å². The molecule has 9 rings (SSSR count). The van der Waals surface area contributed by atoms with Crippen LogP contribution in [0.3, 0.4) is 0 Å². The van der Waals surface area contributed by atoms with Crippen molar-refractivity contribution in [2.45, 2.75) is 112 Å². The van der Waals surface area contributed by atoms with Crippen LogP contribution in [0.25, 0.3) is 21.2 Å². The van der Waals surface area contributed by atoms with Crippen molar-refractivity contribution >= 4 is 78.0 Å². The number of rotatable bonds is 3. The fourth-order valence-corrected chi connectivity index (χ4v) is 10.5. The van der Waals surface area contributed by atoms with Gasteiger partial charge in [-0.3, -0.25) is 0 Å². The Hall–Kier alpha value is -5.06. The minimum Gasteiger partial charge on any atom is -0.311 e. The molecule has 0 amide bonds. The van der Waals surface area contributed by atoms with Crippen LogP contribution in [0.15, 0.2) is 121 Å². The Balaban J connectivity index is 1.42. The van der Waals surface area contributed by atoms with E-state index < -0.39 is 0 Å². The third-order valence-electron chi connectivity index (χ3n) is 12.7. The first-order chi connectivity index (χ1) is 27.7. The maximum Gasteiger partial charge on any atom is 0.254 e. The number of nitrogens with zero attached hydrogens (tertiary/aromatic N) is 2. The molecule has 1 aromatic heterocycles. The summed E-state index contributed by atoms with van der Waals surface area (Å²) < 4.78 is 1.33. The molecule has 59 heavy (non-hydrogen) atoms. The van der Waals surface area contributed by atoms with Gasteiger partial charge < -0.3 is 9.80 Å². The average molecular weight is 791 g/mol. The zero-order valence-corrected chi connectivity index (χ0v) is 38.2. The molecule has 0 atom stereocenters. The van der Waals surface area contributed by atoms with Crippen molar-refractivity contribution in [2.75, 3.05) is 9.80 Å². The van der Waals surface area contributed by atoms with Gasteiger partial charge in [-0.15, -0.1) is 11.3 Å². The van der Waals surface area contributed by atoms with Crippen LogP contribution in [0.2, 0.25) is 0 Å². The van der Waals surface area contributed by atoms with E-state index in [1.54, 1.807) is 0 Å². The molecule has 0 saturated heterocycles. The zero-order valence-electron chi connectivity index (χ0n) is 37.4. The first kappa shape index (κ1) is 39.4. The fraction of sp³-hybridized carbons (Fsp3) is 0.309. The molecule has 4 heteroatoms. The van der Waals surface area contributed by atoms with Gasteiger partial charge in [0.2, 0.25) is 0 Å². The normalized spacial score (nSPS) is 14.1. The molecule has 0 aliphatic carbocycles. The van der Waals surface area contributed by atoms with Gasteiger partial charge in [0.05, 0.1) is 10.7 Å². The predicted molar refractivity (Wildman–Crippen MR) is 261 cm³/mol. The minimum absolute atomic E-state index is 0.00119. The van der Waals surface area contributed by atoms with Gasteiger partial charge in [0.15, 0.2) is 0 Å². The summed E-state index contributed by atoms with van der Waals surface area (Å²) >= 11 is 1.95. The Morgan fingerprint density at radius 1 is 0.458 bits per heavy atom. The zero-order chi connectivity index (χ0) is 42.0. The molecular weight excluding hydrogens is 731 g/mol. The SMILES string of the molecule is Cc1cc2c3c(c1)N(c1ccc(C(C)(C)C)cc1-c1ccccc1)c1sc4ccc(C(C)(C)C)cc4c1B3c1cc(C(C)(C)C)ccc1N2c1ccc(C(C)(C)C)cc1. The highest BCUT2D eigenvalue weighted by Crippen LogP contribution is 2.51. The number of thiophene rings is 1. The summed E-state index contributed by atoms with van der Waals surface area (Å²) in [6.45, 7) is 30.2. The van der Waals surface area contributed by atoms with E-state index in [4.69, 9.17) is 0 Å². The van der Waals surface area contributed by atoms with Crippen molar-refractivity contribution in [3.8, 4) is 11.1 Å². The third-order valence-corrected chi connectivity index (χ3v) is 13.9. The van der Waals surface area contributed by atoms with E-state index in [2.05, 4.69) is 221 Å². The van der Waals surface area contributed by atoms with E-state index in [9.17, 15) is 0 Å². The molecule has 7 aromatic rings. The van der Waals surface area contributed by atoms with Crippen molar-refractivity contribution in [2.24, 2.45) is 0 Å². The monoisotopic (exact) mass is 790 g/mol. The summed E-state index contributed by atoms with van der Waals surface area (Å²) in [6.07, 6.45) is 0. The molecule has 3 heterocycles. The van der Waals surface area contributed by atoms with Crippen LogP contribution >= 0.6 is 11.3 Å². The van der Waals surface area contributed by atoms with Crippen LogP contribution in [0.5, 0.6) is 0 Å². The van der Waals surface area contributed by atoms with Crippen LogP contribution in [0, 0.1) is 6.92 Å². The van der Waals surface area contributed by atoms with Crippen molar-refractivity contribution in [3.05, 3.63) is 149 Å². The molecule has 0 spiro atoms. The highest BCUT2D eigenvalue weighted by Gasteiger charge is 2.46. The smallest absolute Gasteiger partial charge is 0.254 e. The highest BCUT2D eigenvalue weighted by atomic mass is 32.1.